The third kappa shape index (κ3) is 5.22. The number of nitrogens with one attached hydrogen (secondary N) is 1. The van der Waals surface area contributed by atoms with Crippen molar-refractivity contribution >= 4 is 28.3 Å². The fraction of sp³-hybridized carbons (Fsp3) is 0.241. The van der Waals surface area contributed by atoms with Crippen LogP contribution in [0, 0.1) is 0 Å². The Morgan fingerprint density at radius 2 is 1.84 bits per heavy atom. The second kappa shape index (κ2) is 11.2. The van der Waals surface area contributed by atoms with E-state index in [1.54, 1.807) is 25.3 Å². The van der Waals surface area contributed by atoms with E-state index in [0.717, 1.165) is 35.0 Å². The molecule has 1 aliphatic rings. The maximum absolute atomic E-state index is 11.9. The van der Waals surface area contributed by atoms with Gasteiger partial charge in [0.15, 0.2) is 11.5 Å². The number of carbonyl (C=O) groups excluding carboxylic acids is 1. The molecular weight excluding hydrogens is 482 g/mol. The van der Waals surface area contributed by atoms with Crippen molar-refractivity contribution < 1.29 is 19.0 Å². The van der Waals surface area contributed by atoms with Crippen LogP contribution in [0.25, 0.3) is 22.0 Å². The van der Waals surface area contributed by atoms with Crippen LogP contribution in [-0.2, 0) is 4.79 Å². The lowest BCUT2D eigenvalue weighted by molar-refractivity contribution is -0.127. The van der Waals surface area contributed by atoms with Gasteiger partial charge < -0.3 is 24.4 Å². The molecule has 0 unspecified atom stereocenters. The minimum atomic E-state index is -0.0531. The van der Waals surface area contributed by atoms with Crippen molar-refractivity contribution in [3.05, 3.63) is 73.8 Å². The molecule has 194 valence electrons. The SMILES string of the molecule is C=CC(=O)N1CCC(Oc2cc3c(Nc4cc(-c5cccnc5)ccc4OC)ncnc3cc2OC)CC1. The van der Waals surface area contributed by atoms with Crippen LogP contribution in [0.4, 0.5) is 11.5 Å². The smallest absolute Gasteiger partial charge is 0.245 e. The Labute approximate surface area is 221 Å². The molecule has 9 heteroatoms. The average molecular weight is 512 g/mol. The van der Waals surface area contributed by atoms with Gasteiger partial charge in [-0.1, -0.05) is 18.7 Å². The molecule has 0 bridgehead atoms. The first-order valence-corrected chi connectivity index (χ1v) is 12.4. The van der Waals surface area contributed by atoms with Crippen LogP contribution in [0.5, 0.6) is 17.2 Å². The number of nitrogens with zero attached hydrogens (tertiary/aromatic N) is 4. The zero-order valence-electron chi connectivity index (χ0n) is 21.4. The molecule has 2 aromatic heterocycles. The second-order valence-electron chi connectivity index (χ2n) is 8.87. The van der Waals surface area contributed by atoms with E-state index in [1.807, 2.05) is 48.7 Å². The van der Waals surface area contributed by atoms with Crippen molar-refractivity contribution in [3.8, 4) is 28.4 Å². The summed E-state index contributed by atoms with van der Waals surface area (Å²) in [7, 11) is 3.24. The monoisotopic (exact) mass is 511 g/mol. The molecule has 0 spiro atoms. The molecule has 0 radical (unpaired) electrons. The molecule has 3 heterocycles. The Kier molecular flexibility index (Phi) is 7.35. The molecule has 0 aliphatic carbocycles. The number of hydrogen-bond donors (Lipinski definition) is 1. The fourth-order valence-electron chi connectivity index (χ4n) is 4.56. The van der Waals surface area contributed by atoms with Crippen LogP contribution in [0.3, 0.4) is 0 Å². The molecule has 5 rings (SSSR count). The predicted molar refractivity (Wildman–Crippen MR) is 146 cm³/mol. The van der Waals surface area contributed by atoms with Crippen LogP contribution in [0.15, 0.2) is 73.8 Å². The van der Waals surface area contributed by atoms with E-state index in [4.69, 9.17) is 14.2 Å². The summed E-state index contributed by atoms with van der Waals surface area (Å²) >= 11 is 0. The number of likely N-dealkylation sites (tertiary alicyclic amines) is 1. The van der Waals surface area contributed by atoms with Crippen molar-refractivity contribution in [3.63, 3.8) is 0 Å². The summed E-state index contributed by atoms with van der Waals surface area (Å²) in [6, 6.07) is 13.6. The molecule has 1 aliphatic heterocycles. The molecular formula is C29H29N5O4. The highest BCUT2D eigenvalue weighted by Crippen LogP contribution is 2.38. The molecule has 1 fully saturated rings. The molecule has 2 aromatic carbocycles. The van der Waals surface area contributed by atoms with Gasteiger partial charge in [-0.05, 0) is 35.9 Å². The number of anilines is 2. The number of hydrogen-bond acceptors (Lipinski definition) is 8. The molecule has 9 nitrogen and oxygen atoms in total. The summed E-state index contributed by atoms with van der Waals surface area (Å²) in [4.78, 5) is 26.9. The number of pyridine rings is 1. The molecule has 1 N–H and O–H groups in total. The number of ether oxygens (including phenoxy) is 3. The molecule has 38 heavy (non-hydrogen) atoms. The van der Waals surface area contributed by atoms with E-state index >= 15 is 0 Å². The van der Waals surface area contributed by atoms with Crippen LogP contribution in [0.1, 0.15) is 12.8 Å². The molecule has 1 amide bonds. The van der Waals surface area contributed by atoms with Gasteiger partial charge in [-0.3, -0.25) is 9.78 Å². The summed E-state index contributed by atoms with van der Waals surface area (Å²) in [5.74, 6) is 2.42. The largest absolute Gasteiger partial charge is 0.495 e. The first-order valence-electron chi connectivity index (χ1n) is 12.4. The number of piperidine rings is 1. The summed E-state index contributed by atoms with van der Waals surface area (Å²) < 4.78 is 17.6. The molecule has 0 atom stereocenters. The average Bonchev–Trinajstić information content (AvgIpc) is 2.97. The van der Waals surface area contributed by atoms with Crippen LogP contribution >= 0.6 is 0 Å². The highest BCUT2D eigenvalue weighted by atomic mass is 16.5. The molecule has 4 aromatic rings. The Balaban J connectivity index is 1.45. The minimum absolute atomic E-state index is 0.0486. The van der Waals surface area contributed by atoms with Gasteiger partial charge in [0.25, 0.3) is 0 Å². The predicted octanol–water partition coefficient (Wildman–Crippen LogP) is 5.01. The Bertz CT molecular complexity index is 1450. The van der Waals surface area contributed by atoms with Gasteiger partial charge >= 0.3 is 0 Å². The highest BCUT2D eigenvalue weighted by Gasteiger charge is 2.24. The van der Waals surface area contributed by atoms with Gasteiger partial charge in [0.2, 0.25) is 5.91 Å². The summed E-state index contributed by atoms with van der Waals surface area (Å²) in [5.41, 5.74) is 3.45. The fourth-order valence-corrected chi connectivity index (χ4v) is 4.56. The van der Waals surface area contributed by atoms with E-state index in [-0.39, 0.29) is 12.0 Å². The zero-order chi connectivity index (χ0) is 26.5. The van der Waals surface area contributed by atoms with E-state index in [1.165, 1.54) is 12.4 Å². The van der Waals surface area contributed by atoms with Gasteiger partial charge in [-0.15, -0.1) is 0 Å². The van der Waals surface area contributed by atoms with Gasteiger partial charge in [-0.25, -0.2) is 9.97 Å². The zero-order valence-corrected chi connectivity index (χ0v) is 21.4. The van der Waals surface area contributed by atoms with Gasteiger partial charge in [0.05, 0.1) is 25.4 Å². The quantitative estimate of drug-likeness (QED) is 0.330. The molecule has 0 saturated carbocycles. The lowest BCUT2D eigenvalue weighted by Gasteiger charge is -2.31. The number of aromatic nitrogens is 3. The maximum atomic E-state index is 11.9. The third-order valence-electron chi connectivity index (χ3n) is 6.59. The van der Waals surface area contributed by atoms with Crippen molar-refractivity contribution in [1.82, 2.24) is 19.9 Å². The van der Waals surface area contributed by atoms with E-state index in [9.17, 15) is 4.79 Å². The first-order chi connectivity index (χ1) is 18.6. The van der Waals surface area contributed by atoms with Crippen molar-refractivity contribution in [2.45, 2.75) is 18.9 Å². The van der Waals surface area contributed by atoms with Gasteiger partial charge in [0.1, 0.15) is 24.0 Å². The third-order valence-corrected chi connectivity index (χ3v) is 6.59. The standard InChI is InChI=1S/C29H29N5O4/c1-4-28(35)34-12-9-21(10-13-34)38-27-15-22-23(16-26(27)37-3)31-18-32-29(22)33-24-14-19(7-8-25(24)36-2)20-6-5-11-30-17-20/h4-8,11,14-18,21H,1,9-10,12-13H2,2-3H3,(H,31,32,33). The summed E-state index contributed by atoms with van der Waals surface area (Å²) in [6.45, 7) is 4.81. The first kappa shape index (κ1) is 25.0. The lowest BCUT2D eigenvalue weighted by atomic mass is 10.1. The summed E-state index contributed by atoms with van der Waals surface area (Å²) in [6.07, 6.45) is 7.81. The number of fused-ring (bicyclic) bond motifs is 1. The van der Waals surface area contributed by atoms with Crippen LogP contribution in [0.2, 0.25) is 0 Å². The highest BCUT2D eigenvalue weighted by molar-refractivity contribution is 5.94. The van der Waals surface area contributed by atoms with Crippen molar-refractivity contribution in [1.29, 1.82) is 0 Å². The van der Waals surface area contributed by atoms with E-state index in [0.29, 0.717) is 41.7 Å². The van der Waals surface area contributed by atoms with Gasteiger partial charge in [-0.2, -0.15) is 0 Å². The van der Waals surface area contributed by atoms with Crippen molar-refractivity contribution in [2.24, 2.45) is 0 Å². The van der Waals surface area contributed by atoms with E-state index in [2.05, 4.69) is 26.8 Å². The Morgan fingerprint density at radius 1 is 1.03 bits per heavy atom. The number of amides is 1. The van der Waals surface area contributed by atoms with E-state index < -0.39 is 0 Å². The second-order valence-corrected chi connectivity index (χ2v) is 8.87. The topological polar surface area (TPSA) is 98.7 Å². The normalized spacial score (nSPS) is 13.7. The number of carbonyl (C=O) groups is 1. The van der Waals surface area contributed by atoms with Crippen molar-refractivity contribution in [2.75, 3.05) is 32.6 Å². The summed E-state index contributed by atoms with van der Waals surface area (Å²) in [5, 5.41) is 4.20. The number of methoxy groups -OCH3 is 2. The van der Waals surface area contributed by atoms with Crippen LogP contribution < -0.4 is 19.5 Å². The van der Waals surface area contributed by atoms with Crippen LogP contribution in [-0.4, -0.2) is 59.2 Å². The maximum Gasteiger partial charge on any atom is 0.245 e. The lowest BCUT2D eigenvalue weighted by Crippen LogP contribution is -2.41. The van der Waals surface area contributed by atoms with Gasteiger partial charge in [0, 0.05) is 55.3 Å². The molecule has 1 saturated heterocycles. The number of benzene rings is 2. The Morgan fingerprint density at radius 3 is 2.55 bits per heavy atom. The number of rotatable bonds is 8. The minimum Gasteiger partial charge on any atom is -0.495 e. The Hall–Kier alpha value is -4.66.